The van der Waals surface area contributed by atoms with Crippen LogP contribution < -0.4 is 19.2 Å². The van der Waals surface area contributed by atoms with Gasteiger partial charge in [-0.15, -0.1) is 0 Å². The van der Waals surface area contributed by atoms with Crippen molar-refractivity contribution < 1.29 is 22.7 Å². The molecule has 10 heteroatoms. The Kier molecular flexibility index (Phi) is 6.90. The first-order chi connectivity index (χ1) is 16.3. The van der Waals surface area contributed by atoms with E-state index in [9.17, 15) is 13.2 Å². The van der Waals surface area contributed by atoms with Crippen molar-refractivity contribution in [1.29, 1.82) is 0 Å². The maximum atomic E-state index is 13.5. The van der Waals surface area contributed by atoms with Crippen molar-refractivity contribution in [2.75, 3.05) is 17.6 Å². The van der Waals surface area contributed by atoms with Crippen LogP contribution in [0.2, 0.25) is 0 Å². The minimum Gasteiger partial charge on any atom is -0.454 e. The third-order valence-electron chi connectivity index (χ3n) is 5.14. The minimum atomic E-state index is -4.00. The van der Waals surface area contributed by atoms with Gasteiger partial charge in [-0.05, 0) is 71.2 Å². The number of amides is 1. The number of hydrazone groups is 1. The predicted molar refractivity (Wildman–Crippen MR) is 133 cm³/mol. The van der Waals surface area contributed by atoms with Gasteiger partial charge < -0.3 is 9.47 Å². The molecule has 1 heterocycles. The lowest BCUT2D eigenvalue weighted by atomic mass is 10.1. The lowest BCUT2D eigenvalue weighted by molar-refractivity contribution is -0.119. The molecule has 0 bridgehead atoms. The van der Waals surface area contributed by atoms with Crippen LogP contribution >= 0.6 is 15.9 Å². The number of nitrogens with zero attached hydrogens (tertiary/aromatic N) is 2. The maximum Gasteiger partial charge on any atom is 0.264 e. The third kappa shape index (κ3) is 5.07. The van der Waals surface area contributed by atoms with E-state index in [2.05, 4.69) is 26.5 Å². The standard InChI is InChI=1S/C24H22BrN3O5S/c1-16-8-9-17(2)21(10-16)28(34(30,31)19-6-4-3-5-7-19)14-24(29)27-26-13-18-11-22-23(12-20(18)25)33-15-32-22/h3-13H,14-15H2,1-2H3,(H,27,29)/b26-13-. The van der Waals surface area contributed by atoms with Gasteiger partial charge in [0.15, 0.2) is 11.5 Å². The molecule has 1 aliphatic rings. The Morgan fingerprint density at radius 2 is 1.79 bits per heavy atom. The van der Waals surface area contributed by atoms with Crippen molar-refractivity contribution in [3.05, 3.63) is 81.8 Å². The Labute approximate surface area is 206 Å². The zero-order chi connectivity index (χ0) is 24.3. The number of sulfonamides is 1. The summed E-state index contributed by atoms with van der Waals surface area (Å²) in [5, 5.41) is 4.00. The van der Waals surface area contributed by atoms with Gasteiger partial charge >= 0.3 is 0 Å². The molecule has 1 amide bonds. The highest BCUT2D eigenvalue weighted by Crippen LogP contribution is 2.36. The molecule has 0 fully saturated rings. The molecule has 0 spiro atoms. The molecule has 0 radical (unpaired) electrons. The van der Waals surface area contributed by atoms with Gasteiger partial charge in [0, 0.05) is 10.0 Å². The van der Waals surface area contributed by atoms with Gasteiger partial charge in [0.1, 0.15) is 6.54 Å². The monoisotopic (exact) mass is 543 g/mol. The van der Waals surface area contributed by atoms with Crippen LogP contribution in [-0.2, 0) is 14.8 Å². The van der Waals surface area contributed by atoms with Crippen molar-refractivity contribution in [2.45, 2.75) is 18.7 Å². The normalized spacial score (nSPS) is 12.7. The molecule has 3 aromatic carbocycles. The number of nitrogens with one attached hydrogen (secondary N) is 1. The van der Waals surface area contributed by atoms with Crippen molar-refractivity contribution in [2.24, 2.45) is 5.10 Å². The van der Waals surface area contributed by atoms with E-state index in [1.165, 1.54) is 18.3 Å². The average Bonchev–Trinajstić information content (AvgIpc) is 3.27. The highest BCUT2D eigenvalue weighted by molar-refractivity contribution is 9.10. The van der Waals surface area contributed by atoms with Crippen LogP contribution in [0.3, 0.4) is 0 Å². The summed E-state index contributed by atoms with van der Waals surface area (Å²) >= 11 is 3.43. The lowest BCUT2D eigenvalue weighted by Gasteiger charge is -2.25. The second-order valence-electron chi connectivity index (χ2n) is 7.63. The maximum absolute atomic E-state index is 13.5. The van der Waals surface area contributed by atoms with Crippen LogP contribution in [0.15, 0.2) is 75.1 Å². The van der Waals surface area contributed by atoms with E-state index >= 15 is 0 Å². The Morgan fingerprint density at radius 1 is 1.09 bits per heavy atom. The second-order valence-corrected chi connectivity index (χ2v) is 10.4. The predicted octanol–water partition coefficient (Wildman–Crippen LogP) is 4.14. The van der Waals surface area contributed by atoms with Gasteiger partial charge in [0.2, 0.25) is 6.79 Å². The molecule has 0 aliphatic carbocycles. The third-order valence-corrected chi connectivity index (χ3v) is 7.60. The van der Waals surface area contributed by atoms with Crippen molar-refractivity contribution >= 4 is 43.8 Å². The molecule has 176 valence electrons. The molecule has 0 saturated heterocycles. The Bertz CT molecular complexity index is 1360. The summed E-state index contributed by atoms with van der Waals surface area (Å²) < 4.78 is 39.4. The highest BCUT2D eigenvalue weighted by atomic mass is 79.9. The molecule has 4 rings (SSSR count). The number of aryl methyl sites for hydroxylation is 2. The van der Waals surface area contributed by atoms with Crippen LogP contribution in [0.1, 0.15) is 16.7 Å². The number of hydrogen-bond donors (Lipinski definition) is 1. The first-order valence-corrected chi connectivity index (χ1v) is 12.5. The molecule has 0 saturated carbocycles. The zero-order valence-corrected chi connectivity index (χ0v) is 20.9. The van der Waals surface area contributed by atoms with E-state index < -0.39 is 22.5 Å². The number of rotatable bonds is 7. The summed E-state index contributed by atoms with van der Waals surface area (Å²) in [4.78, 5) is 12.9. The van der Waals surface area contributed by atoms with Crippen molar-refractivity contribution in [3.8, 4) is 11.5 Å². The van der Waals surface area contributed by atoms with E-state index in [4.69, 9.17) is 9.47 Å². The first-order valence-electron chi connectivity index (χ1n) is 10.3. The number of carbonyl (C=O) groups excluding carboxylic acids is 1. The fourth-order valence-electron chi connectivity index (χ4n) is 3.38. The van der Waals surface area contributed by atoms with Gasteiger partial charge in [0.05, 0.1) is 16.8 Å². The number of halogens is 1. The van der Waals surface area contributed by atoms with Crippen LogP contribution in [0.25, 0.3) is 0 Å². The van der Waals surface area contributed by atoms with Gasteiger partial charge in [-0.25, -0.2) is 13.8 Å². The fourth-order valence-corrected chi connectivity index (χ4v) is 5.30. The van der Waals surface area contributed by atoms with E-state index in [0.717, 1.165) is 15.4 Å². The van der Waals surface area contributed by atoms with E-state index in [1.54, 1.807) is 43.3 Å². The molecule has 8 nitrogen and oxygen atoms in total. The van der Waals surface area contributed by atoms with E-state index in [0.29, 0.717) is 27.2 Å². The molecule has 1 N–H and O–H groups in total. The number of hydrogen-bond acceptors (Lipinski definition) is 6. The number of carbonyl (C=O) groups is 1. The van der Waals surface area contributed by atoms with Gasteiger partial charge in [-0.1, -0.05) is 30.3 Å². The molecule has 34 heavy (non-hydrogen) atoms. The molecular weight excluding hydrogens is 522 g/mol. The average molecular weight is 544 g/mol. The molecule has 1 aliphatic heterocycles. The Balaban J connectivity index is 1.58. The highest BCUT2D eigenvalue weighted by Gasteiger charge is 2.28. The lowest BCUT2D eigenvalue weighted by Crippen LogP contribution is -2.40. The summed E-state index contributed by atoms with van der Waals surface area (Å²) in [5.41, 5.74) is 5.11. The number of ether oxygens (including phenoxy) is 2. The molecule has 0 unspecified atom stereocenters. The van der Waals surface area contributed by atoms with Gasteiger partial charge in [0.25, 0.3) is 15.9 Å². The second kappa shape index (κ2) is 9.86. The fraction of sp³-hybridized carbons (Fsp3) is 0.167. The summed E-state index contributed by atoms with van der Waals surface area (Å²) in [6.45, 7) is 3.36. The number of benzene rings is 3. The van der Waals surface area contributed by atoms with Crippen LogP contribution in [0.5, 0.6) is 11.5 Å². The smallest absolute Gasteiger partial charge is 0.264 e. The number of anilines is 1. The molecule has 3 aromatic rings. The zero-order valence-electron chi connectivity index (χ0n) is 18.5. The number of fused-ring (bicyclic) bond motifs is 1. The topological polar surface area (TPSA) is 97.3 Å². The quantitative estimate of drug-likeness (QED) is 0.356. The Hall–Kier alpha value is -3.37. The van der Waals surface area contributed by atoms with Crippen LogP contribution in [0.4, 0.5) is 5.69 Å². The minimum absolute atomic E-state index is 0.0940. The van der Waals surface area contributed by atoms with Crippen LogP contribution in [-0.4, -0.2) is 33.9 Å². The Morgan fingerprint density at radius 3 is 2.53 bits per heavy atom. The van der Waals surface area contributed by atoms with Gasteiger partial charge in [-0.3, -0.25) is 9.10 Å². The molecule has 0 aromatic heterocycles. The summed E-state index contributed by atoms with van der Waals surface area (Å²) in [6.07, 6.45) is 1.44. The van der Waals surface area contributed by atoms with Gasteiger partial charge in [-0.2, -0.15) is 5.10 Å². The van der Waals surface area contributed by atoms with Crippen molar-refractivity contribution in [3.63, 3.8) is 0 Å². The van der Waals surface area contributed by atoms with E-state index in [-0.39, 0.29) is 11.7 Å². The summed E-state index contributed by atoms with van der Waals surface area (Å²) in [6, 6.07) is 17.0. The molecule has 0 atom stereocenters. The summed E-state index contributed by atoms with van der Waals surface area (Å²) in [7, 11) is -4.00. The first kappa shape index (κ1) is 23.8. The van der Waals surface area contributed by atoms with Crippen LogP contribution in [0, 0.1) is 13.8 Å². The molecular formula is C24H22BrN3O5S. The van der Waals surface area contributed by atoms with E-state index in [1.807, 2.05) is 19.1 Å². The SMILES string of the molecule is Cc1ccc(C)c(N(CC(=O)N/N=C\c2cc3c(cc2Br)OCO3)S(=O)(=O)c2ccccc2)c1. The largest absolute Gasteiger partial charge is 0.454 e. The summed E-state index contributed by atoms with van der Waals surface area (Å²) in [5.74, 6) is 0.600. The van der Waals surface area contributed by atoms with Crippen molar-refractivity contribution in [1.82, 2.24) is 5.43 Å².